The van der Waals surface area contributed by atoms with E-state index in [4.69, 9.17) is 5.26 Å². The average Bonchev–Trinajstić information content (AvgIpc) is 2.72. The second kappa shape index (κ2) is 4.47. The Kier molecular flexibility index (Phi) is 3.05. The van der Waals surface area contributed by atoms with Gasteiger partial charge in [0.05, 0.1) is 10.6 Å². The molecule has 0 unspecified atom stereocenters. The summed E-state index contributed by atoms with van der Waals surface area (Å²) in [5, 5.41) is 10.4. The van der Waals surface area contributed by atoms with Gasteiger partial charge < -0.3 is 0 Å². The Morgan fingerprint density at radius 2 is 2.14 bits per heavy atom. The molecule has 0 spiro atoms. The van der Waals surface area contributed by atoms with Crippen molar-refractivity contribution < 1.29 is 0 Å². The van der Waals surface area contributed by atoms with Crippen LogP contribution in [0, 0.1) is 11.3 Å². The third kappa shape index (κ3) is 2.27. The Morgan fingerprint density at radius 1 is 1.36 bits per heavy atom. The zero-order chi connectivity index (χ0) is 9.80. The topological polar surface area (TPSA) is 36.7 Å². The molecule has 0 saturated heterocycles. The van der Waals surface area contributed by atoms with Gasteiger partial charge in [-0.1, -0.05) is 12.8 Å². The number of rotatable bonds is 2. The van der Waals surface area contributed by atoms with E-state index in [0.29, 0.717) is 5.56 Å². The number of aromatic nitrogens is 1. The molecule has 0 amide bonds. The molecule has 0 N–H and O–H groups in total. The van der Waals surface area contributed by atoms with Gasteiger partial charge in [0.1, 0.15) is 6.07 Å². The van der Waals surface area contributed by atoms with Crippen molar-refractivity contribution in [2.75, 3.05) is 0 Å². The summed E-state index contributed by atoms with van der Waals surface area (Å²) < 4.78 is 0. The number of hydrogen-bond donors (Lipinski definition) is 0. The molecule has 0 radical (unpaired) electrons. The van der Waals surface area contributed by atoms with E-state index in [1.54, 1.807) is 6.20 Å². The van der Waals surface area contributed by atoms with Crippen molar-refractivity contribution in [3.8, 4) is 6.07 Å². The van der Waals surface area contributed by atoms with Gasteiger partial charge in [0.25, 0.3) is 0 Å². The van der Waals surface area contributed by atoms with Crippen molar-refractivity contribution in [1.82, 2.24) is 4.98 Å². The van der Waals surface area contributed by atoms with E-state index in [2.05, 4.69) is 11.1 Å². The quantitative estimate of drug-likeness (QED) is 0.743. The second-order valence-corrected chi connectivity index (χ2v) is 4.84. The standard InChI is InChI=1S/C11H12N2S/c12-7-9-5-6-11(13-8-9)14-10-3-1-2-4-10/h5-6,8,10H,1-4H2. The summed E-state index contributed by atoms with van der Waals surface area (Å²) in [7, 11) is 0. The van der Waals surface area contributed by atoms with E-state index in [1.807, 2.05) is 23.9 Å². The normalized spacial score (nSPS) is 16.8. The Hall–Kier alpha value is -1.01. The highest BCUT2D eigenvalue weighted by atomic mass is 32.2. The molecule has 14 heavy (non-hydrogen) atoms. The molecule has 1 saturated carbocycles. The maximum Gasteiger partial charge on any atom is 0.101 e. The first-order chi connectivity index (χ1) is 6.88. The molecule has 1 aromatic rings. The lowest BCUT2D eigenvalue weighted by Crippen LogP contribution is -1.94. The van der Waals surface area contributed by atoms with E-state index in [-0.39, 0.29) is 0 Å². The molecule has 1 heterocycles. The molecule has 0 aliphatic heterocycles. The number of pyridine rings is 1. The summed E-state index contributed by atoms with van der Waals surface area (Å²) in [5.41, 5.74) is 0.640. The van der Waals surface area contributed by atoms with Gasteiger partial charge in [0.2, 0.25) is 0 Å². The summed E-state index contributed by atoms with van der Waals surface area (Å²) in [5.74, 6) is 0. The number of nitrogens with zero attached hydrogens (tertiary/aromatic N) is 2. The van der Waals surface area contributed by atoms with Crippen LogP contribution in [0.3, 0.4) is 0 Å². The molecular formula is C11H12N2S. The summed E-state index contributed by atoms with van der Waals surface area (Å²) in [4.78, 5) is 4.25. The van der Waals surface area contributed by atoms with Crippen molar-refractivity contribution >= 4 is 11.8 Å². The molecule has 0 bridgehead atoms. The Labute approximate surface area is 88.4 Å². The Morgan fingerprint density at radius 3 is 2.71 bits per heavy atom. The average molecular weight is 204 g/mol. The van der Waals surface area contributed by atoms with Gasteiger partial charge in [-0.2, -0.15) is 5.26 Å². The molecule has 3 heteroatoms. The summed E-state index contributed by atoms with van der Waals surface area (Å²) in [6, 6.07) is 5.86. The van der Waals surface area contributed by atoms with E-state index in [1.165, 1.54) is 25.7 Å². The Bertz CT molecular complexity index is 333. The van der Waals surface area contributed by atoms with Crippen LogP contribution < -0.4 is 0 Å². The van der Waals surface area contributed by atoms with Gasteiger partial charge in [-0.3, -0.25) is 0 Å². The molecule has 2 nitrogen and oxygen atoms in total. The van der Waals surface area contributed by atoms with Crippen LogP contribution in [0.1, 0.15) is 31.2 Å². The zero-order valence-corrected chi connectivity index (χ0v) is 8.76. The second-order valence-electron chi connectivity index (χ2n) is 3.52. The monoisotopic (exact) mass is 204 g/mol. The molecule has 0 aromatic carbocycles. The third-order valence-electron chi connectivity index (χ3n) is 2.46. The van der Waals surface area contributed by atoms with Crippen LogP contribution in [0.2, 0.25) is 0 Å². The first-order valence-electron chi connectivity index (χ1n) is 4.91. The van der Waals surface area contributed by atoms with E-state index < -0.39 is 0 Å². The van der Waals surface area contributed by atoms with Crippen LogP contribution in [0.25, 0.3) is 0 Å². The maximum atomic E-state index is 8.62. The molecule has 0 atom stereocenters. The van der Waals surface area contributed by atoms with Crippen molar-refractivity contribution in [2.24, 2.45) is 0 Å². The minimum Gasteiger partial charge on any atom is -0.249 e. The predicted octanol–water partition coefficient (Wildman–Crippen LogP) is 2.99. The van der Waals surface area contributed by atoms with Gasteiger partial charge in [0.15, 0.2) is 0 Å². The summed E-state index contributed by atoms with van der Waals surface area (Å²) in [6.07, 6.45) is 6.98. The van der Waals surface area contributed by atoms with Gasteiger partial charge in [0, 0.05) is 11.4 Å². The molecule has 2 rings (SSSR count). The number of hydrogen-bond acceptors (Lipinski definition) is 3. The van der Waals surface area contributed by atoms with Crippen LogP contribution in [0.4, 0.5) is 0 Å². The fraction of sp³-hybridized carbons (Fsp3) is 0.455. The molecule has 1 aromatic heterocycles. The lowest BCUT2D eigenvalue weighted by Gasteiger charge is -2.06. The van der Waals surface area contributed by atoms with E-state index in [0.717, 1.165) is 10.3 Å². The summed E-state index contributed by atoms with van der Waals surface area (Å²) >= 11 is 1.85. The fourth-order valence-corrected chi connectivity index (χ4v) is 2.86. The predicted molar refractivity (Wildman–Crippen MR) is 57.1 cm³/mol. The van der Waals surface area contributed by atoms with Crippen LogP contribution in [0.15, 0.2) is 23.4 Å². The SMILES string of the molecule is N#Cc1ccc(SC2CCCC2)nc1. The first-order valence-corrected chi connectivity index (χ1v) is 5.79. The Balaban J connectivity index is 1.99. The largest absolute Gasteiger partial charge is 0.249 e. The summed E-state index contributed by atoms with van der Waals surface area (Å²) in [6.45, 7) is 0. The van der Waals surface area contributed by atoms with Crippen LogP contribution in [-0.2, 0) is 0 Å². The van der Waals surface area contributed by atoms with Crippen molar-refractivity contribution in [3.05, 3.63) is 23.9 Å². The maximum absolute atomic E-state index is 8.62. The number of nitriles is 1. The zero-order valence-electron chi connectivity index (χ0n) is 7.94. The molecule has 1 aliphatic carbocycles. The van der Waals surface area contributed by atoms with Crippen molar-refractivity contribution in [3.63, 3.8) is 0 Å². The molecule has 1 aliphatic rings. The van der Waals surface area contributed by atoms with E-state index >= 15 is 0 Å². The third-order valence-corrected chi connectivity index (χ3v) is 3.74. The van der Waals surface area contributed by atoms with Crippen molar-refractivity contribution in [1.29, 1.82) is 5.26 Å². The van der Waals surface area contributed by atoms with Crippen molar-refractivity contribution in [2.45, 2.75) is 36.0 Å². The highest BCUT2D eigenvalue weighted by Gasteiger charge is 2.16. The smallest absolute Gasteiger partial charge is 0.101 e. The lowest BCUT2D eigenvalue weighted by molar-refractivity contribution is 0.886. The minimum absolute atomic E-state index is 0.640. The first kappa shape index (κ1) is 9.54. The highest BCUT2D eigenvalue weighted by molar-refractivity contribution is 7.99. The van der Waals surface area contributed by atoms with Gasteiger partial charge >= 0.3 is 0 Å². The lowest BCUT2D eigenvalue weighted by atomic mass is 10.3. The minimum atomic E-state index is 0.640. The van der Waals surface area contributed by atoms with Crippen LogP contribution >= 0.6 is 11.8 Å². The van der Waals surface area contributed by atoms with Gasteiger partial charge in [-0.25, -0.2) is 4.98 Å². The molecular weight excluding hydrogens is 192 g/mol. The van der Waals surface area contributed by atoms with E-state index in [9.17, 15) is 0 Å². The fourth-order valence-electron chi connectivity index (χ4n) is 1.69. The van der Waals surface area contributed by atoms with Gasteiger partial charge in [-0.15, -0.1) is 11.8 Å². The van der Waals surface area contributed by atoms with Crippen LogP contribution in [0.5, 0.6) is 0 Å². The molecule has 1 fully saturated rings. The molecule has 72 valence electrons. The van der Waals surface area contributed by atoms with Gasteiger partial charge in [-0.05, 0) is 25.0 Å². The van der Waals surface area contributed by atoms with Crippen LogP contribution in [-0.4, -0.2) is 10.2 Å². The number of thioether (sulfide) groups is 1. The highest BCUT2D eigenvalue weighted by Crippen LogP contribution is 2.33.